The van der Waals surface area contributed by atoms with Crippen molar-refractivity contribution in [3.63, 3.8) is 0 Å². The molecule has 20 heavy (non-hydrogen) atoms. The van der Waals surface area contributed by atoms with Crippen LogP contribution in [0.1, 0.15) is 26.2 Å². The lowest BCUT2D eigenvalue weighted by Crippen LogP contribution is -2.44. The van der Waals surface area contributed by atoms with Crippen LogP contribution in [0.15, 0.2) is 4.99 Å². The Morgan fingerprint density at radius 1 is 1.25 bits per heavy atom. The monoisotopic (exact) mass is 287 g/mol. The summed E-state index contributed by atoms with van der Waals surface area (Å²) in [5, 5.41) is 6.56. The topological polar surface area (TPSA) is 64.1 Å². The van der Waals surface area contributed by atoms with Crippen molar-refractivity contribution in [1.29, 1.82) is 0 Å². The molecule has 2 N–H and O–H groups in total. The molecule has 1 aliphatic rings. The molecular formula is C14H29N3O3. The number of nitrogens with one attached hydrogen (secondary N) is 2. The normalized spacial score (nSPS) is 18.9. The number of methoxy groups -OCH3 is 2. The quantitative estimate of drug-likeness (QED) is 0.392. The predicted molar refractivity (Wildman–Crippen MR) is 80.3 cm³/mol. The molecule has 6 nitrogen and oxygen atoms in total. The highest BCUT2D eigenvalue weighted by atomic mass is 16.5. The molecule has 0 radical (unpaired) electrons. The van der Waals surface area contributed by atoms with Gasteiger partial charge in [0.05, 0.1) is 12.1 Å². The molecule has 1 saturated heterocycles. The van der Waals surface area contributed by atoms with Crippen molar-refractivity contribution in [2.75, 3.05) is 53.7 Å². The van der Waals surface area contributed by atoms with E-state index in [1.165, 1.54) is 0 Å². The van der Waals surface area contributed by atoms with E-state index in [1.54, 1.807) is 14.2 Å². The first kappa shape index (κ1) is 17.2. The fraction of sp³-hybridized carbons (Fsp3) is 0.929. The van der Waals surface area contributed by atoms with E-state index in [0.29, 0.717) is 6.54 Å². The molecule has 0 spiro atoms. The average Bonchev–Trinajstić information content (AvgIpc) is 2.50. The van der Waals surface area contributed by atoms with E-state index in [4.69, 9.17) is 14.2 Å². The molecule has 118 valence electrons. The largest absolute Gasteiger partial charge is 0.385 e. The Labute approximate surface area is 122 Å². The van der Waals surface area contributed by atoms with E-state index < -0.39 is 0 Å². The van der Waals surface area contributed by atoms with Gasteiger partial charge in [-0.3, -0.25) is 4.99 Å². The average molecular weight is 287 g/mol. The van der Waals surface area contributed by atoms with E-state index >= 15 is 0 Å². The Morgan fingerprint density at radius 3 is 2.60 bits per heavy atom. The molecule has 0 aliphatic carbocycles. The molecule has 1 aliphatic heterocycles. The predicted octanol–water partition coefficient (Wildman–Crippen LogP) is 0.774. The molecule has 0 amide bonds. The van der Waals surface area contributed by atoms with Crippen LogP contribution in [-0.4, -0.2) is 65.2 Å². The molecular weight excluding hydrogens is 258 g/mol. The molecule has 0 aromatic carbocycles. The summed E-state index contributed by atoms with van der Waals surface area (Å²) in [6.45, 7) is 6.68. The van der Waals surface area contributed by atoms with Gasteiger partial charge in [0.1, 0.15) is 0 Å². The number of ether oxygens (including phenoxy) is 3. The standard InChI is InChI=1S/C14H29N3O3/c1-4-15-13(16-8-5-9-18-2)17-12-14(19-3)6-10-20-11-7-14/h4-12H2,1-3H3,(H2,15,16,17). The van der Waals surface area contributed by atoms with Gasteiger partial charge in [-0.05, 0) is 13.3 Å². The summed E-state index contributed by atoms with van der Waals surface area (Å²) in [6, 6.07) is 0. The van der Waals surface area contributed by atoms with E-state index in [0.717, 1.165) is 58.1 Å². The van der Waals surface area contributed by atoms with Crippen LogP contribution in [0.3, 0.4) is 0 Å². The lowest BCUT2D eigenvalue weighted by Gasteiger charge is -2.34. The van der Waals surface area contributed by atoms with Crippen LogP contribution in [0.4, 0.5) is 0 Å². The maximum Gasteiger partial charge on any atom is 0.191 e. The Balaban J connectivity index is 2.46. The summed E-state index contributed by atoms with van der Waals surface area (Å²) in [6.07, 6.45) is 2.76. The Morgan fingerprint density at radius 2 is 2.00 bits per heavy atom. The van der Waals surface area contributed by atoms with E-state index in [9.17, 15) is 0 Å². The van der Waals surface area contributed by atoms with Crippen molar-refractivity contribution in [1.82, 2.24) is 10.6 Å². The SMILES string of the molecule is CCNC(=NCC1(OC)CCOCC1)NCCCOC. The van der Waals surface area contributed by atoms with Gasteiger partial charge in [0, 0.05) is 60.0 Å². The number of rotatable bonds is 8. The van der Waals surface area contributed by atoms with Gasteiger partial charge in [-0.15, -0.1) is 0 Å². The molecule has 0 bridgehead atoms. The Bertz CT molecular complexity index is 279. The molecule has 0 saturated carbocycles. The zero-order valence-corrected chi connectivity index (χ0v) is 13.0. The third kappa shape index (κ3) is 6.07. The summed E-state index contributed by atoms with van der Waals surface area (Å²) in [5.74, 6) is 0.839. The number of aliphatic imine (C=N–C) groups is 1. The second-order valence-electron chi connectivity index (χ2n) is 4.97. The van der Waals surface area contributed by atoms with Gasteiger partial charge in [-0.25, -0.2) is 0 Å². The van der Waals surface area contributed by atoms with E-state index in [2.05, 4.69) is 22.5 Å². The highest BCUT2D eigenvalue weighted by Gasteiger charge is 2.32. The van der Waals surface area contributed by atoms with Crippen LogP contribution in [0.2, 0.25) is 0 Å². The minimum atomic E-state index is -0.173. The number of hydrogen-bond donors (Lipinski definition) is 2. The molecule has 1 fully saturated rings. The first-order valence-corrected chi connectivity index (χ1v) is 7.40. The number of hydrogen-bond acceptors (Lipinski definition) is 4. The fourth-order valence-corrected chi connectivity index (χ4v) is 2.16. The minimum absolute atomic E-state index is 0.173. The highest BCUT2D eigenvalue weighted by Crippen LogP contribution is 2.24. The van der Waals surface area contributed by atoms with Crippen molar-refractivity contribution in [2.24, 2.45) is 4.99 Å². The van der Waals surface area contributed by atoms with Crippen molar-refractivity contribution in [3.05, 3.63) is 0 Å². The lowest BCUT2D eigenvalue weighted by atomic mass is 9.94. The maximum atomic E-state index is 5.69. The summed E-state index contributed by atoms with van der Waals surface area (Å²) >= 11 is 0. The van der Waals surface area contributed by atoms with Crippen molar-refractivity contribution < 1.29 is 14.2 Å². The van der Waals surface area contributed by atoms with Gasteiger partial charge in [0.15, 0.2) is 5.96 Å². The van der Waals surface area contributed by atoms with Crippen LogP contribution in [0, 0.1) is 0 Å². The molecule has 1 heterocycles. The van der Waals surface area contributed by atoms with Crippen LogP contribution in [0.5, 0.6) is 0 Å². The molecule has 0 aromatic rings. The minimum Gasteiger partial charge on any atom is -0.385 e. The van der Waals surface area contributed by atoms with Gasteiger partial charge in [0.2, 0.25) is 0 Å². The molecule has 0 unspecified atom stereocenters. The first-order valence-electron chi connectivity index (χ1n) is 7.40. The second kappa shape index (κ2) is 9.96. The van der Waals surface area contributed by atoms with Crippen LogP contribution >= 0.6 is 0 Å². The summed E-state index contributed by atoms with van der Waals surface area (Å²) in [5.41, 5.74) is -0.173. The summed E-state index contributed by atoms with van der Waals surface area (Å²) in [7, 11) is 3.48. The number of guanidine groups is 1. The van der Waals surface area contributed by atoms with Gasteiger partial charge in [0.25, 0.3) is 0 Å². The van der Waals surface area contributed by atoms with Gasteiger partial charge >= 0.3 is 0 Å². The van der Waals surface area contributed by atoms with Crippen LogP contribution in [-0.2, 0) is 14.2 Å². The van der Waals surface area contributed by atoms with Gasteiger partial charge < -0.3 is 24.8 Å². The highest BCUT2D eigenvalue weighted by molar-refractivity contribution is 5.79. The lowest BCUT2D eigenvalue weighted by molar-refractivity contribution is -0.0828. The summed E-state index contributed by atoms with van der Waals surface area (Å²) in [4.78, 5) is 4.65. The number of nitrogens with zero attached hydrogens (tertiary/aromatic N) is 1. The van der Waals surface area contributed by atoms with E-state index in [1.807, 2.05) is 0 Å². The second-order valence-corrected chi connectivity index (χ2v) is 4.97. The molecule has 1 rings (SSSR count). The Hall–Kier alpha value is -0.850. The van der Waals surface area contributed by atoms with E-state index in [-0.39, 0.29) is 5.60 Å². The molecule has 0 atom stereocenters. The van der Waals surface area contributed by atoms with Crippen molar-refractivity contribution in [2.45, 2.75) is 31.8 Å². The zero-order valence-electron chi connectivity index (χ0n) is 13.0. The fourth-order valence-electron chi connectivity index (χ4n) is 2.16. The Kier molecular flexibility index (Phi) is 8.57. The maximum absolute atomic E-state index is 5.69. The van der Waals surface area contributed by atoms with Crippen LogP contribution in [0.25, 0.3) is 0 Å². The molecule has 6 heteroatoms. The summed E-state index contributed by atoms with van der Waals surface area (Å²) < 4.78 is 16.1. The smallest absolute Gasteiger partial charge is 0.191 e. The van der Waals surface area contributed by atoms with Crippen molar-refractivity contribution in [3.8, 4) is 0 Å². The van der Waals surface area contributed by atoms with Crippen LogP contribution < -0.4 is 10.6 Å². The first-order chi connectivity index (χ1) is 9.76. The third-order valence-corrected chi connectivity index (χ3v) is 3.52. The van der Waals surface area contributed by atoms with Gasteiger partial charge in [-0.2, -0.15) is 0 Å². The zero-order chi connectivity index (χ0) is 14.7. The van der Waals surface area contributed by atoms with Crippen molar-refractivity contribution >= 4 is 5.96 Å². The third-order valence-electron chi connectivity index (χ3n) is 3.52. The molecule has 0 aromatic heterocycles. The van der Waals surface area contributed by atoms with Gasteiger partial charge in [-0.1, -0.05) is 0 Å².